The summed E-state index contributed by atoms with van der Waals surface area (Å²) in [6, 6.07) is 7.68. The van der Waals surface area contributed by atoms with Gasteiger partial charge in [-0.3, -0.25) is 14.4 Å². The second kappa shape index (κ2) is 5.67. The summed E-state index contributed by atoms with van der Waals surface area (Å²) in [4.78, 5) is 16.1. The minimum atomic E-state index is -0.219. The zero-order valence-electron chi connectivity index (χ0n) is 10.5. The van der Waals surface area contributed by atoms with Crippen LogP contribution < -0.4 is 4.87 Å². The summed E-state index contributed by atoms with van der Waals surface area (Å²) in [6.07, 6.45) is 3.07. The number of hydrogen-bond acceptors (Lipinski definition) is 4. The Bertz CT molecular complexity index is 683. The van der Waals surface area contributed by atoms with E-state index in [2.05, 4.69) is 11.6 Å². The van der Waals surface area contributed by atoms with Gasteiger partial charge in [-0.05, 0) is 24.6 Å². The molecule has 1 aromatic carbocycles. The molecule has 0 unspecified atom stereocenters. The summed E-state index contributed by atoms with van der Waals surface area (Å²) in [6.45, 7) is 5.82. The Balaban J connectivity index is 2.31. The Morgan fingerprint density at radius 3 is 3.00 bits per heavy atom. The maximum Gasteiger partial charge on any atom is 0.310 e. The first kappa shape index (κ1) is 13.3. The van der Waals surface area contributed by atoms with E-state index >= 15 is 0 Å². The van der Waals surface area contributed by atoms with Crippen molar-refractivity contribution in [1.29, 1.82) is 0 Å². The maximum absolute atomic E-state index is 11.6. The SMILES string of the molecule is C=CCn1c(O)c(C=Nc2cccc(C)c2)sc1=O. The molecule has 1 N–H and O–H groups in total. The first-order chi connectivity index (χ1) is 9.11. The summed E-state index contributed by atoms with van der Waals surface area (Å²) >= 11 is 0.965. The molecule has 0 atom stereocenters. The maximum atomic E-state index is 11.6. The number of aromatic hydroxyl groups is 1. The van der Waals surface area contributed by atoms with Gasteiger partial charge in [-0.25, -0.2) is 0 Å². The van der Waals surface area contributed by atoms with Gasteiger partial charge in [0.25, 0.3) is 0 Å². The third kappa shape index (κ3) is 3.00. The van der Waals surface area contributed by atoms with Crippen LogP contribution in [0, 0.1) is 6.92 Å². The molecule has 4 nitrogen and oxygen atoms in total. The van der Waals surface area contributed by atoms with Crippen molar-refractivity contribution in [2.45, 2.75) is 13.5 Å². The van der Waals surface area contributed by atoms with Crippen molar-refractivity contribution >= 4 is 23.2 Å². The average Bonchev–Trinajstić information content (AvgIpc) is 2.65. The monoisotopic (exact) mass is 274 g/mol. The molecule has 19 heavy (non-hydrogen) atoms. The number of aromatic nitrogens is 1. The summed E-state index contributed by atoms with van der Waals surface area (Å²) in [5.41, 5.74) is 1.90. The second-order valence-electron chi connectivity index (χ2n) is 4.05. The molecule has 98 valence electrons. The molecule has 1 aromatic heterocycles. The minimum Gasteiger partial charge on any atom is -0.493 e. The number of aryl methyl sites for hydroxylation is 1. The van der Waals surface area contributed by atoms with Crippen molar-refractivity contribution in [2.75, 3.05) is 0 Å². The quantitative estimate of drug-likeness (QED) is 0.688. The molecule has 0 spiro atoms. The van der Waals surface area contributed by atoms with Gasteiger partial charge >= 0.3 is 4.87 Å². The van der Waals surface area contributed by atoms with E-state index in [1.807, 2.05) is 31.2 Å². The zero-order chi connectivity index (χ0) is 13.8. The molecular weight excluding hydrogens is 260 g/mol. The van der Waals surface area contributed by atoms with Crippen molar-refractivity contribution in [2.24, 2.45) is 4.99 Å². The van der Waals surface area contributed by atoms with Gasteiger partial charge in [0.05, 0.1) is 11.9 Å². The lowest BCUT2D eigenvalue weighted by Crippen LogP contribution is -2.10. The molecule has 0 saturated heterocycles. The molecular formula is C14H14N2O2S. The van der Waals surface area contributed by atoms with E-state index in [1.54, 1.807) is 6.08 Å². The minimum absolute atomic E-state index is 0.0636. The predicted octanol–water partition coefficient (Wildman–Crippen LogP) is 2.86. The van der Waals surface area contributed by atoms with Crippen LogP contribution in [-0.2, 0) is 6.54 Å². The molecule has 0 amide bonds. The third-order valence-corrected chi connectivity index (χ3v) is 3.44. The largest absolute Gasteiger partial charge is 0.493 e. The Morgan fingerprint density at radius 1 is 1.53 bits per heavy atom. The highest BCUT2D eigenvalue weighted by molar-refractivity contribution is 7.11. The Kier molecular flexibility index (Phi) is 3.97. The molecule has 1 heterocycles. The number of aliphatic imine (C=N–C) groups is 1. The fraction of sp³-hybridized carbons (Fsp3) is 0.143. The molecule has 0 aliphatic carbocycles. The molecule has 0 radical (unpaired) electrons. The van der Waals surface area contributed by atoms with Crippen molar-refractivity contribution in [3.8, 4) is 5.88 Å². The Morgan fingerprint density at radius 2 is 2.32 bits per heavy atom. The Labute approximate surface area is 115 Å². The van der Waals surface area contributed by atoms with Crippen molar-refractivity contribution in [3.63, 3.8) is 0 Å². The molecule has 2 aromatic rings. The molecule has 0 saturated carbocycles. The lowest BCUT2D eigenvalue weighted by atomic mass is 10.2. The van der Waals surface area contributed by atoms with E-state index < -0.39 is 0 Å². The van der Waals surface area contributed by atoms with E-state index in [9.17, 15) is 9.90 Å². The average molecular weight is 274 g/mol. The smallest absolute Gasteiger partial charge is 0.310 e. The van der Waals surface area contributed by atoms with E-state index in [-0.39, 0.29) is 10.8 Å². The number of benzene rings is 1. The second-order valence-corrected chi connectivity index (χ2v) is 5.05. The zero-order valence-corrected chi connectivity index (χ0v) is 11.4. The number of allylic oxidation sites excluding steroid dienone is 1. The normalized spacial score (nSPS) is 11.0. The molecule has 2 rings (SSSR count). The summed E-state index contributed by atoms with van der Waals surface area (Å²) in [5, 5.41) is 9.91. The van der Waals surface area contributed by atoms with Crippen LogP contribution in [0.15, 0.2) is 46.7 Å². The first-order valence-corrected chi connectivity index (χ1v) is 6.57. The van der Waals surface area contributed by atoms with Gasteiger partial charge < -0.3 is 5.11 Å². The Hall–Kier alpha value is -2.14. The lowest BCUT2D eigenvalue weighted by molar-refractivity contribution is 0.422. The fourth-order valence-electron chi connectivity index (χ4n) is 1.63. The number of nitrogens with zero attached hydrogens (tertiary/aromatic N) is 2. The third-order valence-electron chi connectivity index (χ3n) is 2.54. The molecule has 5 heteroatoms. The van der Waals surface area contributed by atoms with Gasteiger partial charge in [-0.15, -0.1) is 6.58 Å². The number of rotatable bonds is 4. The highest BCUT2D eigenvalue weighted by atomic mass is 32.1. The van der Waals surface area contributed by atoms with Gasteiger partial charge in [-0.1, -0.05) is 29.5 Å². The number of hydrogen-bond donors (Lipinski definition) is 1. The highest BCUT2D eigenvalue weighted by Gasteiger charge is 2.10. The van der Waals surface area contributed by atoms with E-state index in [0.29, 0.717) is 11.4 Å². The lowest BCUT2D eigenvalue weighted by Gasteiger charge is -1.98. The predicted molar refractivity (Wildman–Crippen MR) is 78.9 cm³/mol. The van der Waals surface area contributed by atoms with Gasteiger partial charge in [0.1, 0.15) is 4.88 Å². The van der Waals surface area contributed by atoms with E-state index in [4.69, 9.17) is 0 Å². The molecule has 0 aliphatic rings. The molecule has 0 fully saturated rings. The van der Waals surface area contributed by atoms with Crippen molar-refractivity contribution < 1.29 is 5.11 Å². The molecule has 0 bridgehead atoms. The molecule has 0 aliphatic heterocycles. The van der Waals surface area contributed by atoms with Gasteiger partial charge in [0.2, 0.25) is 5.88 Å². The summed E-state index contributed by atoms with van der Waals surface area (Å²) < 4.78 is 1.26. The fourth-order valence-corrected chi connectivity index (χ4v) is 2.40. The summed E-state index contributed by atoms with van der Waals surface area (Å²) in [5.74, 6) is -0.0636. The number of thiazole rings is 1. The van der Waals surface area contributed by atoms with Crippen LogP contribution in [0.4, 0.5) is 5.69 Å². The first-order valence-electron chi connectivity index (χ1n) is 5.76. The van der Waals surface area contributed by atoms with Crippen LogP contribution in [0.3, 0.4) is 0 Å². The van der Waals surface area contributed by atoms with E-state index in [0.717, 1.165) is 22.6 Å². The van der Waals surface area contributed by atoms with Crippen LogP contribution in [0.5, 0.6) is 5.88 Å². The van der Waals surface area contributed by atoms with Crippen LogP contribution in [-0.4, -0.2) is 15.9 Å². The topological polar surface area (TPSA) is 54.6 Å². The van der Waals surface area contributed by atoms with E-state index in [1.165, 1.54) is 10.8 Å². The van der Waals surface area contributed by atoms with Crippen LogP contribution in [0.2, 0.25) is 0 Å². The van der Waals surface area contributed by atoms with Crippen LogP contribution in [0.1, 0.15) is 10.4 Å². The summed E-state index contributed by atoms with van der Waals surface area (Å²) in [7, 11) is 0. The van der Waals surface area contributed by atoms with Crippen molar-refractivity contribution in [3.05, 3.63) is 57.0 Å². The van der Waals surface area contributed by atoms with Crippen LogP contribution in [0.25, 0.3) is 0 Å². The standard InChI is InChI=1S/C14H14N2O2S/c1-3-7-16-13(17)12(19-14(16)18)9-15-11-6-4-5-10(2)8-11/h3-6,8-9,17H,1,7H2,2H3. The highest BCUT2D eigenvalue weighted by Crippen LogP contribution is 2.19. The van der Waals surface area contributed by atoms with Crippen molar-refractivity contribution in [1.82, 2.24) is 4.57 Å². The van der Waals surface area contributed by atoms with Gasteiger partial charge in [0, 0.05) is 6.54 Å². The van der Waals surface area contributed by atoms with Gasteiger partial charge in [0.15, 0.2) is 0 Å². The van der Waals surface area contributed by atoms with Crippen LogP contribution >= 0.6 is 11.3 Å². The van der Waals surface area contributed by atoms with Gasteiger partial charge in [-0.2, -0.15) is 0 Å².